The lowest BCUT2D eigenvalue weighted by Crippen LogP contribution is -2.45. The summed E-state index contributed by atoms with van der Waals surface area (Å²) in [6.45, 7) is 4.20. The van der Waals surface area contributed by atoms with Gasteiger partial charge in [0.25, 0.3) is 0 Å². The Morgan fingerprint density at radius 3 is 1.35 bits per heavy atom. The maximum absolute atomic E-state index is 12.3. The Bertz CT molecular complexity index is 596. The topological polar surface area (TPSA) is 89.8 Å². The Morgan fingerprint density at radius 1 is 0.581 bits per heavy atom. The van der Waals surface area contributed by atoms with Gasteiger partial charge in [-0.25, -0.2) is 0 Å². The third-order valence-electron chi connectivity index (χ3n) is 8.82. The second kappa shape index (κ2) is 34.0. The van der Waals surface area contributed by atoms with Crippen LogP contribution in [0.5, 0.6) is 0 Å². The van der Waals surface area contributed by atoms with Gasteiger partial charge in [0.05, 0.1) is 31.3 Å². The summed E-state index contributed by atoms with van der Waals surface area (Å²) < 4.78 is 0. The molecule has 3 unspecified atom stereocenters. The summed E-state index contributed by atoms with van der Waals surface area (Å²) in [5.41, 5.74) is 0. The predicted molar refractivity (Wildman–Crippen MR) is 185 cm³/mol. The molecule has 0 aromatic heterocycles. The first-order valence-electron chi connectivity index (χ1n) is 19.0. The third-order valence-corrected chi connectivity index (χ3v) is 8.82. The van der Waals surface area contributed by atoms with Gasteiger partial charge in [0, 0.05) is 0 Å². The summed E-state index contributed by atoms with van der Waals surface area (Å²) in [6, 6.07) is -0.737. The fourth-order valence-corrected chi connectivity index (χ4v) is 5.87. The molecule has 0 fully saturated rings. The van der Waals surface area contributed by atoms with Crippen LogP contribution in [0.1, 0.15) is 200 Å². The molecule has 0 saturated heterocycles. The highest BCUT2D eigenvalue weighted by molar-refractivity contribution is 5.76. The maximum Gasteiger partial charge on any atom is 0.222 e. The minimum absolute atomic E-state index is 0.0177. The van der Waals surface area contributed by atoms with E-state index in [4.69, 9.17) is 0 Å². The van der Waals surface area contributed by atoms with E-state index in [0.29, 0.717) is 6.42 Å². The van der Waals surface area contributed by atoms with Crippen molar-refractivity contribution in [1.29, 1.82) is 0 Å². The fourth-order valence-electron chi connectivity index (χ4n) is 5.87. The summed E-state index contributed by atoms with van der Waals surface area (Å²) >= 11 is 0. The molecule has 0 bridgehead atoms. The SMILES string of the molecule is CCCCCCCCCCCCCCCCC/C=C/C(O)C(CO)NC(=O)CC(O)CCCCCCCCCCCCC. The molecule has 0 heterocycles. The number of amides is 1. The van der Waals surface area contributed by atoms with Crippen molar-refractivity contribution in [1.82, 2.24) is 5.32 Å². The molecule has 0 rings (SSSR count). The Morgan fingerprint density at radius 2 is 0.953 bits per heavy atom. The number of rotatable bonds is 34. The van der Waals surface area contributed by atoms with Crippen molar-refractivity contribution in [3.8, 4) is 0 Å². The molecule has 0 saturated carbocycles. The van der Waals surface area contributed by atoms with Crippen molar-refractivity contribution >= 4 is 5.91 Å². The molecule has 0 radical (unpaired) electrons. The Kier molecular flexibility index (Phi) is 33.3. The highest BCUT2D eigenvalue weighted by atomic mass is 16.3. The van der Waals surface area contributed by atoms with Gasteiger partial charge in [-0.05, 0) is 19.3 Å². The van der Waals surface area contributed by atoms with E-state index in [1.165, 1.54) is 148 Å². The van der Waals surface area contributed by atoms with Crippen molar-refractivity contribution in [3.63, 3.8) is 0 Å². The molecule has 5 nitrogen and oxygen atoms in total. The minimum atomic E-state index is -0.922. The number of unbranched alkanes of at least 4 members (excludes halogenated alkanes) is 25. The largest absolute Gasteiger partial charge is 0.394 e. The molecule has 1 amide bonds. The first-order chi connectivity index (χ1) is 21.0. The van der Waals surface area contributed by atoms with Gasteiger partial charge in [-0.1, -0.05) is 187 Å². The van der Waals surface area contributed by atoms with Gasteiger partial charge in [-0.2, -0.15) is 0 Å². The van der Waals surface area contributed by atoms with Crippen LogP contribution >= 0.6 is 0 Å². The molecule has 5 heteroatoms. The van der Waals surface area contributed by atoms with Gasteiger partial charge in [0.1, 0.15) is 0 Å². The van der Waals surface area contributed by atoms with Crippen LogP contribution in [0.2, 0.25) is 0 Å². The smallest absolute Gasteiger partial charge is 0.222 e. The van der Waals surface area contributed by atoms with Gasteiger partial charge in [-0.15, -0.1) is 0 Å². The molecule has 0 aliphatic carbocycles. The van der Waals surface area contributed by atoms with Gasteiger partial charge in [0.2, 0.25) is 5.91 Å². The van der Waals surface area contributed by atoms with Crippen molar-refractivity contribution < 1.29 is 20.1 Å². The standard InChI is InChI=1S/C38H75NO4/c1-3-5-7-9-11-13-15-16-17-18-19-20-22-24-26-28-30-32-37(42)36(34-40)39-38(43)33-35(41)31-29-27-25-23-21-14-12-10-8-6-4-2/h30,32,35-37,40-42H,3-29,31,33-34H2,1-2H3,(H,39,43)/b32-30+. The lowest BCUT2D eigenvalue weighted by atomic mass is 10.0. The minimum Gasteiger partial charge on any atom is -0.394 e. The van der Waals surface area contributed by atoms with Crippen LogP contribution in [0.3, 0.4) is 0 Å². The predicted octanol–water partition coefficient (Wildman–Crippen LogP) is 10.1. The normalized spacial score (nSPS) is 13.9. The number of hydrogen-bond acceptors (Lipinski definition) is 4. The lowest BCUT2D eigenvalue weighted by molar-refractivity contribution is -0.124. The molecule has 0 aliphatic heterocycles. The zero-order valence-electron chi connectivity index (χ0n) is 28.8. The zero-order valence-corrected chi connectivity index (χ0v) is 28.8. The summed E-state index contributed by atoms with van der Waals surface area (Å²) in [4.78, 5) is 12.3. The highest BCUT2D eigenvalue weighted by Crippen LogP contribution is 2.15. The van der Waals surface area contributed by atoms with Crippen LogP contribution < -0.4 is 5.32 Å². The molecule has 4 N–H and O–H groups in total. The van der Waals surface area contributed by atoms with E-state index in [9.17, 15) is 20.1 Å². The quantitative estimate of drug-likeness (QED) is 0.0432. The van der Waals surface area contributed by atoms with E-state index in [1.807, 2.05) is 6.08 Å². The summed E-state index contributed by atoms with van der Waals surface area (Å²) in [7, 11) is 0. The van der Waals surface area contributed by atoms with Crippen molar-refractivity contribution in [2.75, 3.05) is 6.61 Å². The molecule has 43 heavy (non-hydrogen) atoms. The number of carbonyl (C=O) groups is 1. The average Bonchev–Trinajstić information content (AvgIpc) is 3.00. The number of nitrogens with one attached hydrogen (secondary N) is 1. The fraction of sp³-hybridized carbons (Fsp3) is 0.921. The number of aliphatic hydroxyl groups is 3. The van der Waals surface area contributed by atoms with E-state index >= 15 is 0 Å². The molecule has 256 valence electrons. The van der Waals surface area contributed by atoms with Crippen LogP contribution in [0.4, 0.5) is 0 Å². The number of aliphatic hydroxyl groups excluding tert-OH is 3. The van der Waals surface area contributed by atoms with Gasteiger partial charge in [0.15, 0.2) is 0 Å². The van der Waals surface area contributed by atoms with E-state index in [-0.39, 0.29) is 18.9 Å². The molecular weight excluding hydrogens is 534 g/mol. The number of hydrogen-bond donors (Lipinski definition) is 4. The van der Waals surface area contributed by atoms with Crippen molar-refractivity contribution in [3.05, 3.63) is 12.2 Å². The van der Waals surface area contributed by atoms with E-state index in [1.54, 1.807) is 6.08 Å². The van der Waals surface area contributed by atoms with E-state index in [0.717, 1.165) is 25.7 Å². The molecule has 3 atom stereocenters. The maximum atomic E-state index is 12.3. The second-order valence-electron chi connectivity index (χ2n) is 13.2. The van der Waals surface area contributed by atoms with Crippen LogP contribution in [-0.2, 0) is 4.79 Å². The molecule has 0 aliphatic rings. The van der Waals surface area contributed by atoms with Crippen LogP contribution in [0, 0.1) is 0 Å². The highest BCUT2D eigenvalue weighted by Gasteiger charge is 2.20. The van der Waals surface area contributed by atoms with E-state index in [2.05, 4.69) is 19.2 Å². The summed E-state index contributed by atoms with van der Waals surface area (Å²) in [5, 5.41) is 33.0. The van der Waals surface area contributed by atoms with Gasteiger partial charge in [-0.3, -0.25) is 4.79 Å². The van der Waals surface area contributed by atoms with Crippen LogP contribution in [-0.4, -0.2) is 46.1 Å². The average molecular weight is 610 g/mol. The van der Waals surface area contributed by atoms with Gasteiger partial charge >= 0.3 is 0 Å². The summed E-state index contributed by atoms with van der Waals surface area (Å²) in [6.07, 6.45) is 37.7. The second-order valence-corrected chi connectivity index (χ2v) is 13.2. The van der Waals surface area contributed by atoms with Crippen molar-refractivity contribution in [2.24, 2.45) is 0 Å². The van der Waals surface area contributed by atoms with Gasteiger partial charge < -0.3 is 20.6 Å². The molecular formula is C38H75NO4. The first kappa shape index (κ1) is 42.1. The number of allylic oxidation sites excluding steroid dienone is 1. The van der Waals surface area contributed by atoms with Crippen LogP contribution in [0.15, 0.2) is 12.2 Å². The van der Waals surface area contributed by atoms with E-state index < -0.39 is 18.2 Å². The Hall–Kier alpha value is -0.910. The van der Waals surface area contributed by atoms with Crippen molar-refractivity contribution in [2.45, 2.75) is 218 Å². The zero-order chi connectivity index (χ0) is 31.6. The molecule has 0 aromatic carbocycles. The first-order valence-corrected chi connectivity index (χ1v) is 19.0. The lowest BCUT2D eigenvalue weighted by Gasteiger charge is -2.21. The summed E-state index contributed by atoms with van der Waals surface area (Å²) in [5.74, 6) is -0.315. The Labute approximate surface area is 268 Å². The number of carbonyl (C=O) groups excluding carboxylic acids is 1. The third kappa shape index (κ3) is 30.9. The monoisotopic (exact) mass is 610 g/mol. The molecule has 0 aromatic rings. The van der Waals surface area contributed by atoms with Crippen LogP contribution in [0.25, 0.3) is 0 Å². The Balaban J connectivity index is 3.70. The molecule has 0 spiro atoms.